The summed E-state index contributed by atoms with van der Waals surface area (Å²) in [5.74, 6) is 0.607. The normalized spacial score (nSPS) is 22.1. The van der Waals surface area contributed by atoms with E-state index in [0.29, 0.717) is 24.9 Å². The molecule has 2 heterocycles. The van der Waals surface area contributed by atoms with Crippen LogP contribution in [0, 0.1) is 0 Å². The van der Waals surface area contributed by atoms with Crippen molar-refractivity contribution in [3.05, 3.63) is 5.89 Å². The van der Waals surface area contributed by atoms with E-state index < -0.39 is 0 Å². The lowest BCUT2D eigenvalue weighted by Gasteiger charge is -2.18. The number of rotatable bonds is 3. The van der Waals surface area contributed by atoms with Gasteiger partial charge in [0.05, 0.1) is 6.10 Å². The number of nitrogens with two attached hydrogens (primary N) is 1. The van der Waals surface area contributed by atoms with Crippen LogP contribution in [0.3, 0.4) is 0 Å². The van der Waals surface area contributed by atoms with Gasteiger partial charge in [-0.3, -0.25) is 0 Å². The summed E-state index contributed by atoms with van der Waals surface area (Å²) in [5, 5.41) is 7.99. The molecule has 1 aromatic heterocycles. The minimum absolute atomic E-state index is 0.201. The summed E-state index contributed by atoms with van der Waals surface area (Å²) in [4.78, 5) is 2.07. The summed E-state index contributed by atoms with van der Waals surface area (Å²) >= 11 is 0. The first-order chi connectivity index (χ1) is 7.79. The molecular weight excluding hydrogens is 208 g/mol. The molecule has 0 radical (unpaired) electrons. The predicted octanol–water partition coefficient (Wildman–Crippen LogP) is 0.186. The fourth-order valence-corrected chi connectivity index (χ4v) is 1.77. The molecule has 1 aromatic rings. The molecule has 0 bridgehead atoms. The zero-order valence-electron chi connectivity index (χ0n) is 9.56. The average Bonchev–Trinajstić information content (AvgIpc) is 2.61. The molecule has 1 unspecified atom stereocenters. The van der Waals surface area contributed by atoms with Crippen LogP contribution in [-0.2, 0) is 11.2 Å². The Labute approximate surface area is 94.8 Å². The van der Waals surface area contributed by atoms with E-state index in [1.165, 1.54) is 0 Å². The number of hydrogen-bond acceptors (Lipinski definition) is 6. The SMILES string of the molecule is CC1CN(c2nnc(CCN)o2)CCCO1. The number of nitrogens with zero attached hydrogens (tertiary/aromatic N) is 3. The maximum atomic E-state index is 5.56. The average molecular weight is 226 g/mol. The fraction of sp³-hybridized carbons (Fsp3) is 0.800. The van der Waals surface area contributed by atoms with Crippen molar-refractivity contribution in [1.29, 1.82) is 0 Å². The third-order valence-electron chi connectivity index (χ3n) is 2.54. The summed E-state index contributed by atoms with van der Waals surface area (Å²) in [6.07, 6.45) is 1.82. The molecule has 2 N–H and O–H groups in total. The van der Waals surface area contributed by atoms with E-state index in [4.69, 9.17) is 14.9 Å². The van der Waals surface area contributed by atoms with Crippen LogP contribution in [0.25, 0.3) is 0 Å². The van der Waals surface area contributed by atoms with Crippen LogP contribution >= 0.6 is 0 Å². The lowest BCUT2D eigenvalue weighted by atomic mass is 10.3. The van der Waals surface area contributed by atoms with E-state index >= 15 is 0 Å². The molecule has 6 heteroatoms. The molecule has 0 spiro atoms. The largest absolute Gasteiger partial charge is 0.408 e. The lowest BCUT2D eigenvalue weighted by Crippen LogP contribution is -2.30. The van der Waals surface area contributed by atoms with Crippen LogP contribution in [0.1, 0.15) is 19.2 Å². The third-order valence-corrected chi connectivity index (χ3v) is 2.54. The van der Waals surface area contributed by atoms with Crippen molar-refractivity contribution in [2.75, 3.05) is 31.1 Å². The summed E-state index contributed by atoms with van der Waals surface area (Å²) in [6, 6.07) is 0.584. The van der Waals surface area contributed by atoms with Crippen LogP contribution in [0.4, 0.5) is 6.01 Å². The van der Waals surface area contributed by atoms with Crippen LogP contribution in [0.2, 0.25) is 0 Å². The van der Waals surface area contributed by atoms with Gasteiger partial charge in [-0.1, -0.05) is 5.10 Å². The number of anilines is 1. The van der Waals surface area contributed by atoms with Gasteiger partial charge in [-0.15, -0.1) is 5.10 Å². The van der Waals surface area contributed by atoms with Crippen LogP contribution < -0.4 is 10.6 Å². The smallest absolute Gasteiger partial charge is 0.318 e. The minimum atomic E-state index is 0.201. The molecule has 0 saturated carbocycles. The standard InChI is InChI=1S/C10H18N4O2/c1-8-7-14(5-2-6-15-8)10-13-12-9(16-10)3-4-11/h8H,2-7,11H2,1H3. The van der Waals surface area contributed by atoms with Gasteiger partial charge in [-0.05, 0) is 13.3 Å². The van der Waals surface area contributed by atoms with Crippen molar-refractivity contribution in [3.8, 4) is 0 Å². The molecule has 0 amide bonds. The molecule has 1 atom stereocenters. The molecule has 2 rings (SSSR count). The highest BCUT2D eigenvalue weighted by atomic mass is 16.5. The Kier molecular flexibility index (Phi) is 3.74. The van der Waals surface area contributed by atoms with Gasteiger partial charge in [0.15, 0.2) is 0 Å². The Morgan fingerprint density at radius 2 is 2.38 bits per heavy atom. The number of ether oxygens (including phenoxy) is 1. The summed E-state index contributed by atoms with van der Waals surface area (Å²) in [6.45, 7) is 5.07. The quantitative estimate of drug-likeness (QED) is 0.792. The Balaban J connectivity index is 2.03. The predicted molar refractivity (Wildman–Crippen MR) is 59.3 cm³/mol. The highest BCUT2D eigenvalue weighted by Gasteiger charge is 2.19. The lowest BCUT2D eigenvalue weighted by molar-refractivity contribution is 0.0818. The van der Waals surface area contributed by atoms with E-state index in [-0.39, 0.29) is 6.10 Å². The highest BCUT2D eigenvalue weighted by molar-refractivity contribution is 5.24. The maximum Gasteiger partial charge on any atom is 0.318 e. The van der Waals surface area contributed by atoms with E-state index in [0.717, 1.165) is 26.1 Å². The molecule has 1 aliphatic heterocycles. The first kappa shape index (κ1) is 11.3. The zero-order valence-corrected chi connectivity index (χ0v) is 9.56. The van der Waals surface area contributed by atoms with Gasteiger partial charge < -0.3 is 19.8 Å². The third kappa shape index (κ3) is 2.70. The highest BCUT2D eigenvalue weighted by Crippen LogP contribution is 2.16. The molecule has 1 aliphatic rings. The van der Waals surface area contributed by atoms with Gasteiger partial charge in [0.1, 0.15) is 0 Å². The first-order valence-corrected chi connectivity index (χ1v) is 5.68. The second-order valence-corrected chi connectivity index (χ2v) is 4.00. The van der Waals surface area contributed by atoms with E-state index in [2.05, 4.69) is 22.0 Å². The maximum absolute atomic E-state index is 5.56. The number of aromatic nitrogens is 2. The van der Waals surface area contributed by atoms with Crippen molar-refractivity contribution < 1.29 is 9.15 Å². The van der Waals surface area contributed by atoms with E-state index in [9.17, 15) is 0 Å². The molecular formula is C10H18N4O2. The summed E-state index contributed by atoms with van der Waals surface area (Å²) < 4.78 is 11.1. The van der Waals surface area contributed by atoms with E-state index in [1.807, 2.05) is 0 Å². The molecule has 6 nitrogen and oxygen atoms in total. The van der Waals surface area contributed by atoms with Gasteiger partial charge in [-0.2, -0.15) is 0 Å². The van der Waals surface area contributed by atoms with Gasteiger partial charge >= 0.3 is 6.01 Å². The van der Waals surface area contributed by atoms with Crippen molar-refractivity contribution in [2.24, 2.45) is 5.73 Å². The Morgan fingerprint density at radius 1 is 1.50 bits per heavy atom. The van der Waals surface area contributed by atoms with Gasteiger partial charge in [0, 0.05) is 32.7 Å². The van der Waals surface area contributed by atoms with Crippen molar-refractivity contribution in [1.82, 2.24) is 10.2 Å². The van der Waals surface area contributed by atoms with Gasteiger partial charge in [0.25, 0.3) is 0 Å². The zero-order chi connectivity index (χ0) is 11.4. The molecule has 1 saturated heterocycles. The molecule has 0 aliphatic carbocycles. The Hall–Kier alpha value is -1.14. The van der Waals surface area contributed by atoms with Crippen molar-refractivity contribution in [2.45, 2.75) is 25.9 Å². The van der Waals surface area contributed by atoms with Gasteiger partial charge in [0.2, 0.25) is 5.89 Å². The van der Waals surface area contributed by atoms with Crippen LogP contribution in [0.5, 0.6) is 0 Å². The van der Waals surface area contributed by atoms with Crippen molar-refractivity contribution in [3.63, 3.8) is 0 Å². The first-order valence-electron chi connectivity index (χ1n) is 5.68. The van der Waals surface area contributed by atoms with Crippen LogP contribution in [-0.4, -0.2) is 42.5 Å². The molecule has 1 fully saturated rings. The topological polar surface area (TPSA) is 77.4 Å². The molecule has 90 valence electrons. The minimum Gasteiger partial charge on any atom is -0.408 e. The molecule has 16 heavy (non-hydrogen) atoms. The van der Waals surface area contributed by atoms with Crippen LogP contribution in [0.15, 0.2) is 4.42 Å². The van der Waals surface area contributed by atoms with Gasteiger partial charge in [-0.25, -0.2) is 0 Å². The van der Waals surface area contributed by atoms with E-state index in [1.54, 1.807) is 0 Å². The fourth-order valence-electron chi connectivity index (χ4n) is 1.77. The summed E-state index contributed by atoms with van der Waals surface area (Å²) in [7, 11) is 0. The molecule has 0 aromatic carbocycles. The number of hydrogen-bond donors (Lipinski definition) is 1. The summed E-state index contributed by atoms with van der Waals surface area (Å²) in [5.41, 5.74) is 5.43. The second-order valence-electron chi connectivity index (χ2n) is 4.00. The second kappa shape index (κ2) is 5.27. The van der Waals surface area contributed by atoms with Crippen molar-refractivity contribution >= 4 is 6.01 Å². The monoisotopic (exact) mass is 226 g/mol. The Bertz CT molecular complexity index is 328. The Morgan fingerprint density at radius 3 is 3.19 bits per heavy atom.